The Morgan fingerprint density at radius 1 is 1.06 bits per heavy atom. The lowest BCUT2D eigenvalue weighted by atomic mass is 9.98. The molecule has 2 aromatic carbocycles. The number of carboxylic acid groups (broad SMARTS) is 1. The number of nitrogens with zero attached hydrogens (tertiary/aromatic N) is 1. The second kappa shape index (κ2) is 9.65. The molecule has 2 aliphatic rings. The third-order valence-electron chi connectivity index (χ3n) is 6.32. The molecule has 2 aliphatic carbocycles. The van der Waals surface area contributed by atoms with Gasteiger partial charge in [0.2, 0.25) is 5.91 Å². The van der Waals surface area contributed by atoms with Crippen LogP contribution in [0.4, 0.5) is 4.79 Å². The predicted octanol–water partition coefficient (Wildman–Crippen LogP) is 3.73. The smallest absolute Gasteiger partial charge is 0.407 e. The number of rotatable bonds is 9. The summed E-state index contributed by atoms with van der Waals surface area (Å²) in [4.78, 5) is 37.5. The lowest BCUT2D eigenvalue weighted by Gasteiger charge is -2.23. The molecule has 0 unspecified atom stereocenters. The summed E-state index contributed by atoms with van der Waals surface area (Å²) in [5, 5.41) is 11.9. The summed E-state index contributed by atoms with van der Waals surface area (Å²) in [7, 11) is 0. The monoisotopic (exact) mass is 450 g/mol. The van der Waals surface area contributed by atoms with Gasteiger partial charge in [0.05, 0.1) is 0 Å². The van der Waals surface area contributed by atoms with E-state index in [1.807, 2.05) is 38.1 Å². The van der Waals surface area contributed by atoms with E-state index in [1.54, 1.807) is 0 Å². The number of aliphatic carboxylic acids is 1. The highest BCUT2D eigenvalue weighted by Gasteiger charge is 2.45. The van der Waals surface area contributed by atoms with Crippen LogP contribution in [0, 0.1) is 17.8 Å². The van der Waals surface area contributed by atoms with Crippen LogP contribution in [0.2, 0.25) is 0 Å². The summed E-state index contributed by atoms with van der Waals surface area (Å²) in [6.45, 7) is 4.61. The first-order valence-corrected chi connectivity index (χ1v) is 11.4. The van der Waals surface area contributed by atoms with Crippen LogP contribution < -0.4 is 5.32 Å². The third kappa shape index (κ3) is 5.18. The number of carboxylic acids is 1. The first-order valence-electron chi connectivity index (χ1n) is 11.4. The van der Waals surface area contributed by atoms with Crippen molar-refractivity contribution in [2.75, 3.05) is 26.2 Å². The van der Waals surface area contributed by atoms with Crippen molar-refractivity contribution in [2.45, 2.75) is 26.2 Å². The standard InChI is InChI=1S/C26H30N2O5/c1-16(2)13-28(14-24(29)30)25(31)22-11-17(22)12-27-26(32)33-15-23-20-9-5-3-7-18(20)19-8-4-6-10-21(19)23/h3-10,16-17,22-23H,11-15H2,1-2H3,(H,27,32)(H,29,30)/t17-,22-/m1/s1. The molecule has 0 radical (unpaired) electrons. The highest BCUT2D eigenvalue weighted by atomic mass is 16.5. The fourth-order valence-electron chi connectivity index (χ4n) is 4.71. The summed E-state index contributed by atoms with van der Waals surface area (Å²) in [5.74, 6) is -1.20. The first-order chi connectivity index (χ1) is 15.8. The lowest BCUT2D eigenvalue weighted by molar-refractivity contribution is -0.145. The van der Waals surface area contributed by atoms with Gasteiger partial charge in [0, 0.05) is 24.9 Å². The molecular weight excluding hydrogens is 420 g/mol. The van der Waals surface area contributed by atoms with Crippen molar-refractivity contribution in [1.29, 1.82) is 0 Å². The van der Waals surface area contributed by atoms with Crippen molar-refractivity contribution in [1.82, 2.24) is 10.2 Å². The molecule has 1 saturated carbocycles. The van der Waals surface area contributed by atoms with E-state index in [9.17, 15) is 14.4 Å². The van der Waals surface area contributed by atoms with Crippen LogP contribution in [0.25, 0.3) is 11.1 Å². The van der Waals surface area contributed by atoms with Gasteiger partial charge in [-0.15, -0.1) is 0 Å². The Morgan fingerprint density at radius 2 is 1.67 bits per heavy atom. The van der Waals surface area contributed by atoms with Crippen LogP contribution >= 0.6 is 0 Å². The van der Waals surface area contributed by atoms with Gasteiger partial charge in [-0.3, -0.25) is 9.59 Å². The van der Waals surface area contributed by atoms with Gasteiger partial charge in [-0.25, -0.2) is 4.79 Å². The summed E-state index contributed by atoms with van der Waals surface area (Å²) in [5.41, 5.74) is 4.66. The van der Waals surface area contributed by atoms with Gasteiger partial charge in [-0.05, 0) is 40.5 Å². The molecule has 7 nitrogen and oxygen atoms in total. The molecule has 0 aliphatic heterocycles. The Labute approximate surface area is 193 Å². The van der Waals surface area contributed by atoms with Crippen molar-refractivity contribution >= 4 is 18.0 Å². The van der Waals surface area contributed by atoms with Crippen LogP contribution in [0.3, 0.4) is 0 Å². The fourth-order valence-corrected chi connectivity index (χ4v) is 4.71. The van der Waals surface area contributed by atoms with Gasteiger partial charge in [0.25, 0.3) is 0 Å². The largest absolute Gasteiger partial charge is 0.480 e. The van der Waals surface area contributed by atoms with E-state index in [1.165, 1.54) is 16.0 Å². The van der Waals surface area contributed by atoms with E-state index in [2.05, 4.69) is 29.6 Å². The van der Waals surface area contributed by atoms with Crippen molar-refractivity contribution in [2.24, 2.45) is 17.8 Å². The number of fused-ring (bicyclic) bond motifs is 3. The number of carbonyl (C=O) groups is 3. The lowest BCUT2D eigenvalue weighted by Crippen LogP contribution is -2.40. The number of carbonyl (C=O) groups excluding carboxylic acids is 2. The van der Waals surface area contributed by atoms with Crippen LogP contribution in [0.15, 0.2) is 48.5 Å². The minimum Gasteiger partial charge on any atom is -0.480 e. The normalized spacial score (nSPS) is 18.4. The van der Waals surface area contributed by atoms with E-state index < -0.39 is 12.1 Å². The van der Waals surface area contributed by atoms with Gasteiger partial charge in [-0.2, -0.15) is 0 Å². The highest BCUT2D eigenvalue weighted by Crippen LogP contribution is 2.44. The Morgan fingerprint density at radius 3 is 2.24 bits per heavy atom. The van der Waals surface area contributed by atoms with Crippen molar-refractivity contribution < 1.29 is 24.2 Å². The molecule has 2 N–H and O–H groups in total. The zero-order valence-electron chi connectivity index (χ0n) is 19.0. The molecule has 0 spiro atoms. The van der Waals surface area contributed by atoms with Gasteiger partial charge >= 0.3 is 12.1 Å². The number of benzene rings is 2. The summed E-state index contributed by atoms with van der Waals surface area (Å²) in [6, 6.07) is 16.3. The maximum Gasteiger partial charge on any atom is 0.407 e. The number of alkyl carbamates (subject to hydrolysis) is 1. The quantitative estimate of drug-likeness (QED) is 0.607. The van der Waals surface area contributed by atoms with E-state index >= 15 is 0 Å². The molecular formula is C26H30N2O5. The molecule has 4 rings (SSSR count). The molecule has 2 atom stereocenters. The van der Waals surface area contributed by atoms with Gasteiger partial charge in [0.1, 0.15) is 13.2 Å². The number of amides is 2. The maximum atomic E-state index is 12.7. The highest BCUT2D eigenvalue weighted by molar-refractivity contribution is 5.85. The van der Waals surface area contributed by atoms with E-state index in [0.29, 0.717) is 19.5 Å². The second-order valence-corrected chi connectivity index (χ2v) is 9.32. The molecule has 2 amide bonds. The second-order valence-electron chi connectivity index (χ2n) is 9.32. The number of hydrogen-bond acceptors (Lipinski definition) is 4. The Hall–Kier alpha value is -3.35. The number of ether oxygens (including phenoxy) is 1. The minimum atomic E-state index is -1.02. The zero-order valence-corrected chi connectivity index (χ0v) is 19.0. The molecule has 0 saturated heterocycles. The van der Waals surface area contributed by atoms with Crippen LogP contribution in [-0.2, 0) is 14.3 Å². The van der Waals surface area contributed by atoms with Crippen molar-refractivity contribution in [3.63, 3.8) is 0 Å². The Balaban J connectivity index is 1.27. The first kappa shape index (κ1) is 22.8. The molecule has 174 valence electrons. The van der Waals surface area contributed by atoms with E-state index in [0.717, 1.165) is 11.1 Å². The molecule has 0 bridgehead atoms. The summed E-state index contributed by atoms with van der Waals surface area (Å²) in [6.07, 6.45) is 0.149. The van der Waals surface area contributed by atoms with Crippen LogP contribution in [0.5, 0.6) is 0 Å². The SMILES string of the molecule is CC(C)CN(CC(=O)O)C(=O)[C@@H]1C[C@@H]1CNC(=O)OCC1c2ccccc2-c2ccccc21. The van der Waals surface area contributed by atoms with Gasteiger partial charge in [0.15, 0.2) is 0 Å². The molecule has 2 aromatic rings. The number of nitrogens with one attached hydrogen (secondary N) is 1. The molecule has 33 heavy (non-hydrogen) atoms. The van der Waals surface area contributed by atoms with Crippen LogP contribution in [0.1, 0.15) is 37.3 Å². The van der Waals surface area contributed by atoms with Crippen molar-refractivity contribution in [3.05, 3.63) is 59.7 Å². The average molecular weight is 451 g/mol. The molecule has 1 fully saturated rings. The molecule has 7 heteroatoms. The molecule has 0 aromatic heterocycles. The number of hydrogen-bond donors (Lipinski definition) is 2. The predicted molar refractivity (Wildman–Crippen MR) is 124 cm³/mol. The summed E-state index contributed by atoms with van der Waals surface area (Å²) >= 11 is 0. The topological polar surface area (TPSA) is 95.9 Å². The molecule has 0 heterocycles. The fraction of sp³-hybridized carbons (Fsp3) is 0.423. The maximum absolute atomic E-state index is 12.7. The average Bonchev–Trinajstić information content (AvgIpc) is 3.49. The van der Waals surface area contributed by atoms with Gasteiger partial charge in [-0.1, -0.05) is 62.4 Å². The van der Waals surface area contributed by atoms with Gasteiger partial charge < -0.3 is 20.1 Å². The van der Waals surface area contributed by atoms with E-state index in [4.69, 9.17) is 9.84 Å². The zero-order chi connectivity index (χ0) is 23.5. The third-order valence-corrected chi connectivity index (χ3v) is 6.32. The Kier molecular flexibility index (Phi) is 6.67. The minimum absolute atomic E-state index is 0.000915. The van der Waals surface area contributed by atoms with E-state index in [-0.39, 0.29) is 42.7 Å². The Bertz CT molecular complexity index is 1000. The van der Waals surface area contributed by atoms with Crippen LogP contribution in [-0.4, -0.2) is 54.2 Å². The summed E-state index contributed by atoms with van der Waals surface area (Å²) < 4.78 is 5.54. The van der Waals surface area contributed by atoms with Crippen molar-refractivity contribution in [3.8, 4) is 11.1 Å².